The molecule has 0 aliphatic rings. The van der Waals surface area contributed by atoms with Gasteiger partial charge in [-0.3, -0.25) is 4.79 Å². The summed E-state index contributed by atoms with van der Waals surface area (Å²) < 4.78 is 16.2. The molecule has 0 aliphatic carbocycles. The highest BCUT2D eigenvalue weighted by atomic mass is 16.5. The van der Waals surface area contributed by atoms with Crippen molar-refractivity contribution in [1.29, 1.82) is 0 Å². The van der Waals surface area contributed by atoms with Crippen molar-refractivity contribution in [2.24, 2.45) is 0 Å². The smallest absolute Gasteiger partial charge is 0.274 e. The Labute approximate surface area is 243 Å². The number of hydrogen-bond donors (Lipinski definition) is 3. The summed E-state index contributed by atoms with van der Waals surface area (Å²) in [6.07, 6.45) is 1.79. The molecular weight excluding hydrogens is 520 g/mol. The van der Waals surface area contributed by atoms with Crippen LogP contribution in [0.3, 0.4) is 0 Å². The lowest BCUT2D eigenvalue weighted by molar-refractivity contribution is 0.0925. The van der Waals surface area contributed by atoms with Gasteiger partial charge in [0.1, 0.15) is 12.4 Å². The normalized spacial score (nSPS) is 12.2. The number of rotatable bonds is 16. The Hall–Kier alpha value is -3.53. The monoisotopic (exact) mass is 564 g/mol. The lowest BCUT2D eigenvalue weighted by Crippen LogP contribution is -2.29. The van der Waals surface area contributed by atoms with Crippen molar-refractivity contribution >= 4 is 5.91 Å². The minimum absolute atomic E-state index is 0.0155. The molecule has 41 heavy (non-hydrogen) atoms. The summed E-state index contributed by atoms with van der Waals surface area (Å²) in [6.45, 7) is 9.10. The average Bonchev–Trinajstić information content (AvgIpc) is 2.96. The molecule has 3 aromatic rings. The highest BCUT2D eigenvalue weighted by Gasteiger charge is 2.22. The third-order valence-corrected chi connectivity index (χ3v) is 6.80. The van der Waals surface area contributed by atoms with Gasteiger partial charge in [-0.2, -0.15) is 4.98 Å². The second kappa shape index (κ2) is 16.0. The summed E-state index contributed by atoms with van der Waals surface area (Å²) in [7, 11) is 3.28. The summed E-state index contributed by atoms with van der Waals surface area (Å²) in [5.74, 6) is -0.272. The zero-order valence-corrected chi connectivity index (χ0v) is 24.9. The summed E-state index contributed by atoms with van der Waals surface area (Å²) in [6, 6.07) is 18.3. The van der Waals surface area contributed by atoms with Crippen molar-refractivity contribution in [3.63, 3.8) is 0 Å². The first-order valence-electron chi connectivity index (χ1n) is 14.1. The second-order valence-corrected chi connectivity index (χ2v) is 11.0. The average molecular weight is 565 g/mol. The number of hydrogen-bond acceptors (Lipinski definition) is 8. The van der Waals surface area contributed by atoms with E-state index >= 15 is 0 Å². The molecule has 0 radical (unpaired) electrons. The van der Waals surface area contributed by atoms with Crippen molar-refractivity contribution in [3.05, 3.63) is 82.8 Å². The Morgan fingerprint density at radius 1 is 0.927 bits per heavy atom. The van der Waals surface area contributed by atoms with Crippen LogP contribution >= 0.6 is 0 Å². The molecule has 0 aliphatic heterocycles. The van der Waals surface area contributed by atoms with E-state index in [2.05, 4.69) is 65.6 Å². The van der Waals surface area contributed by atoms with Crippen LogP contribution < -0.4 is 15.4 Å². The molecule has 1 aromatic heterocycles. The van der Waals surface area contributed by atoms with E-state index in [0.29, 0.717) is 38.0 Å². The molecule has 1 amide bonds. The number of ether oxygens (including phenoxy) is 3. The predicted octanol–water partition coefficient (Wildman–Crippen LogP) is 4.73. The number of carbonyl (C=O) groups is 1. The quantitative estimate of drug-likeness (QED) is 0.214. The topological polar surface area (TPSA) is 115 Å². The summed E-state index contributed by atoms with van der Waals surface area (Å²) in [5.41, 5.74) is 3.56. The number of amides is 1. The molecule has 3 N–H and O–H groups in total. The number of aromatic hydroxyl groups is 1. The Balaban J connectivity index is 1.68. The van der Waals surface area contributed by atoms with Crippen molar-refractivity contribution in [3.8, 4) is 11.6 Å². The van der Waals surface area contributed by atoms with Gasteiger partial charge in [0.05, 0.1) is 13.2 Å². The summed E-state index contributed by atoms with van der Waals surface area (Å²) in [4.78, 5) is 21.6. The molecule has 2 aromatic carbocycles. The molecule has 0 fully saturated rings. The number of aromatic nitrogens is 2. The molecule has 3 rings (SSSR count). The Bertz CT molecular complexity index is 1210. The molecule has 0 spiro atoms. The maximum atomic E-state index is 12.9. The van der Waals surface area contributed by atoms with Crippen LogP contribution in [0.5, 0.6) is 11.6 Å². The van der Waals surface area contributed by atoms with Gasteiger partial charge >= 0.3 is 0 Å². The van der Waals surface area contributed by atoms with Crippen LogP contribution in [0.2, 0.25) is 0 Å². The minimum atomic E-state index is -0.470. The van der Waals surface area contributed by atoms with Gasteiger partial charge in [0.25, 0.3) is 11.8 Å². The van der Waals surface area contributed by atoms with Crippen LogP contribution in [0, 0.1) is 0 Å². The van der Waals surface area contributed by atoms with E-state index in [4.69, 9.17) is 14.2 Å². The van der Waals surface area contributed by atoms with Crippen LogP contribution in [0.15, 0.2) is 54.6 Å². The number of methoxy groups -OCH3 is 2. The van der Waals surface area contributed by atoms with Crippen molar-refractivity contribution in [2.45, 2.75) is 58.1 Å². The minimum Gasteiger partial charge on any atom is -0.491 e. The first kappa shape index (κ1) is 32.0. The van der Waals surface area contributed by atoms with E-state index in [9.17, 15) is 9.90 Å². The number of nitrogens with zero attached hydrogens (tertiary/aromatic N) is 2. The van der Waals surface area contributed by atoms with E-state index in [-0.39, 0.29) is 35.9 Å². The van der Waals surface area contributed by atoms with Crippen LogP contribution in [0.1, 0.15) is 72.5 Å². The molecule has 9 heteroatoms. The second-order valence-electron chi connectivity index (χ2n) is 11.0. The first-order chi connectivity index (χ1) is 19.7. The van der Waals surface area contributed by atoms with Gasteiger partial charge in [-0.1, -0.05) is 75.4 Å². The lowest BCUT2D eigenvalue weighted by atomic mass is 9.84. The van der Waals surface area contributed by atoms with Gasteiger partial charge in [0.2, 0.25) is 5.75 Å². The third kappa shape index (κ3) is 10.1. The van der Waals surface area contributed by atoms with Gasteiger partial charge in [-0.25, -0.2) is 4.98 Å². The Kier molecular flexibility index (Phi) is 12.5. The SMILES string of the molecule is COCCNC(=O)c1nc(CNCCC(CCOC)c2ccc(C(C)(C)C)cc2)nc(O)c1OCc1ccccc1. The van der Waals surface area contributed by atoms with E-state index in [0.717, 1.165) is 18.4 Å². The maximum Gasteiger partial charge on any atom is 0.274 e. The van der Waals surface area contributed by atoms with Crippen molar-refractivity contribution in [2.75, 3.05) is 40.5 Å². The molecule has 9 nitrogen and oxygen atoms in total. The maximum absolute atomic E-state index is 12.9. The standard InChI is InChI=1S/C32H44N4O5/c1-32(2,3)26-13-11-24(12-14-26)25(16-19-39-4)15-17-33-21-27-35-28(30(37)34-18-20-40-5)29(31(38)36-27)41-22-23-9-7-6-8-10-23/h6-14,25,33H,15-22H2,1-5H3,(H,34,37)(H,35,36,38). The molecule has 0 bridgehead atoms. The molecule has 1 unspecified atom stereocenters. The highest BCUT2D eigenvalue weighted by Crippen LogP contribution is 2.29. The Morgan fingerprint density at radius 3 is 2.29 bits per heavy atom. The zero-order chi connectivity index (χ0) is 29.7. The van der Waals surface area contributed by atoms with Crippen molar-refractivity contribution < 1.29 is 24.1 Å². The fraction of sp³-hybridized carbons (Fsp3) is 0.469. The zero-order valence-electron chi connectivity index (χ0n) is 24.9. The number of carbonyl (C=O) groups excluding carboxylic acids is 1. The molecule has 1 heterocycles. The van der Waals surface area contributed by atoms with Crippen LogP contribution in [-0.2, 0) is 28.0 Å². The largest absolute Gasteiger partial charge is 0.491 e. The third-order valence-electron chi connectivity index (χ3n) is 6.80. The lowest BCUT2D eigenvalue weighted by Gasteiger charge is -2.22. The van der Waals surface area contributed by atoms with E-state index < -0.39 is 5.91 Å². The Morgan fingerprint density at radius 2 is 1.63 bits per heavy atom. The summed E-state index contributed by atoms with van der Waals surface area (Å²) in [5, 5.41) is 16.8. The van der Waals surface area contributed by atoms with Gasteiger partial charge < -0.3 is 30.0 Å². The van der Waals surface area contributed by atoms with E-state index in [1.54, 1.807) is 14.2 Å². The molecule has 0 saturated carbocycles. The van der Waals surface area contributed by atoms with Gasteiger partial charge in [0.15, 0.2) is 5.69 Å². The van der Waals surface area contributed by atoms with Gasteiger partial charge in [-0.05, 0) is 47.4 Å². The predicted molar refractivity (Wildman–Crippen MR) is 159 cm³/mol. The molecule has 222 valence electrons. The number of benzene rings is 2. The highest BCUT2D eigenvalue weighted by molar-refractivity contribution is 5.95. The number of nitrogens with one attached hydrogen (secondary N) is 2. The fourth-order valence-electron chi connectivity index (χ4n) is 4.40. The fourth-order valence-corrected chi connectivity index (χ4v) is 4.40. The van der Waals surface area contributed by atoms with Gasteiger partial charge in [-0.15, -0.1) is 0 Å². The van der Waals surface area contributed by atoms with Crippen LogP contribution in [0.4, 0.5) is 0 Å². The van der Waals surface area contributed by atoms with Crippen LogP contribution in [0.25, 0.3) is 0 Å². The first-order valence-corrected chi connectivity index (χ1v) is 14.1. The molecule has 1 atom stereocenters. The summed E-state index contributed by atoms with van der Waals surface area (Å²) >= 11 is 0. The van der Waals surface area contributed by atoms with Crippen LogP contribution in [-0.4, -0.2) is 61.5 Å². The molecule has 0 saturated heterocycles. The van der Waals surface area contributed by atoms with E-state index in [1.165, 1.54) is 11.1 Å². The van der Waals surface area contributed by atoms with Crippen molar-refractivity contribution in [1.82, 2.24) is 20.6 Å². The molecular formula is C32H44N4O5. The van der Waals surface area contributed by atoms with E-state index in [1.807, 2.05) is 30.3 Å². The van der Waals surface area contributed by atoms with Gasteiger partial charge in [0, 0.05) is 27.4 Å².